The summed E-state index contributed by atoms with van der Waals surface area (Å²) in [6, 6.07) is 0. The molecule has 1 saturated heterocycles. The van der Waals surface area contributed by atoms with Crippen LogP contribution in [-0.2, 0) is 0 Å². The van der Waals surface area contributed by atoms with Crippen LogP contribution in [-0.4, -0.2) is 25.9 Å². The van der Waals surface area contributed by atoms with Crippen LogP contribution in [0, 0.1) is 5.92 Å². The lowest BCUT2D eigenvalue weighted by Crippen LogP contribution is -2.41. The first-order chi connectivity index (χ1) is 5.58. The number of hydrogen-bond donors (Lipinski definition) is 2. The second-order valence-corrected chi connectivity index (χ2v) is 3.09. The minimum absolute atomic E-state index is 0.0382. The monoisotopic (exact) mass is 182 g/mol. The van der Waals surface area contributed by atoms with E-state index in [-0.39, 0.29) is 12.5 Å². The standard InChI is InChI=1S/C7H13F3N2/c8-7(9,10)12-5-6-2-1-3-11-4-6/h6,11-12H,1-5H2. The van der Waals surface area contributed by atoms with Crippen molar-refractivity contribution in [1.82, 2.24) is 10.6 Å². The molecule has 0 bridgehead atoms. The third-order valence-electron chi connectivity index (χ3n) is 1.99. The van der Waals surface area contributed by atoms with Crippen molar-refractivity contribution in [2.75, 3.05) is 19.6 Å². The van der Waals surface area contributed by atoms with Crippen molar-refractivity contribution in [3.8, 4) is 0 Å². The normalized spacial score (nSPS) is 25.8. The SMILES string of the molecule is FC(F)(F)NCC1CCCNC1. The molecule has 0 aromatic heterocycles. The van der Waals surface area contributed by atoms with Gasteiger partial charge in [0.15, 0.2) is 0 Å². The molecule has 1 heterocycles. The molecule has 72 valence electrons. The first-order valence-corrected chi connectivity index (χ1v) is 4.10. The molecule has 0 radical (unpaired) electrons. The van der Waals surface area contributed by atoms with E-state index < -0.39 is 6.30 Å². The summed E-state index contributed by atoms with van der Waals surface area (Å²) in [4.78, 5) is 0. The van der Waals surface area contributed by atoms with Crippen LogP contribution >= 0.6 is 0 Å². The molecule has 1 atom stereocenters. The predicted octanol–water partition coefficient (Wildman–Crippen LogP) is 1.10. The fraction of sp³-hybridized carbons (Fsp3) is 1.00. The molecule has 2 nitrogen and oxygen atoms in total. The summed E-state index contributed by atoms with van der Waals surface area (Å²) in [5.41, 5.74) is 0. The minimum atomic E-state index is -4.22. The zero-order valence-electron chi connectivity index (χ0n) is 6.75. The van der Waals surface area contributed by atoms with Crippen LogP contribution in [0.25, 0.3) is 0 Å². The van der Waals surface area contributed by atoms with E-state index in [9.17, 15) is 13.2 Å². The van der Waals surface area contributed by atoms with Gasteiger partial charge in [0, 0.05) is 6.54 Å². The highest BCUT2D eigenvalue weighted by molar-refractivity contribution is 4.71. The van der Waals surface area contributed by atoms with E-state index in [0.717, 1.165) is 19.4 Å². The van der Waals surface area contributed by atoms with E-state index in [1.54, 1.807) is 5.32 Å². The van der Waals surface area contributed by atoms with E-state index in [0.29, 0.717) is 6.54 Å². The smallest absolute Gasteiger partial charge is 0.316 e. The van der Waals surface area contributed by atoms with Gasteiger partial charge in [0.1, 0.15) is 0 Å². The first-order valence-electron chi connectivity index (χ1n) is 4.10. The van der Waals surface area contributed by atoms with Gasteiger partial charge in [0.05, 0.1) is 0 Å². The van der Waals surface area contributed by atoms with Crippen LogP contribution in [0.15, 0.2) is 0 Å². The third-order valence-corrected chi connectivity index (χ3v) is 1.99. The molecule has 1 fully saturated rings. The number of hydrogen-bond acceptors (Lipinski definition) is 2. The Morgan fingerprint density at radius 2 is 2.17 bits per heavy atom. The van der Waals surface area contributed by atoms with Crippen LogP contribution in [0.1, 0.15) is 12.8 Å². The molecule has 1 aliphatic heterocycles. The summed E-state index contributed by atoms with van der Waals surface area (Å²) >= 11 is 0. The van der Waals surface area contributed by atoms with E-state index in [1.165, 1.54) is 0 Å². The Kier molecular flexibility index (Phi) is 3.34. The molecule has 0 aromatic carbocycles. The predicted molar refractivity (Wildman–Crippen MR) is 39.7 cm³/mol. The average Bonchev–Trinajstić information content (AvgIpc) is 2.02. The summed E-state index contributed by atoms with van der Waals surface area (Å²) in [5.74, 6) is 0.125. The lowest BCUT2D eigenvalue weighted by molar-refractivity contribution is -0.158. The van der Waals surface area contributed by atoms with Gasteiger partial charge in [-0.15, -0.1) is 0 Å². The fourth-order valence-corrected chi connectivity index (χ4v) is 1.36. The van der Waals surface area contributed by atoms with Gasteiger partial charge in [-0.3, -0.25) is 0 Å². The van der Waals surface area contributed by atoms with Gasteiger partial charge in [-0.2, -0.15) is 13.2 Å². The molecule has 1 aliphatic rings. The highest BCUT2D eigenvalue weighted by Crippen LogP contribution is 2.13. The third kappa shape index (κ3) is 3.92. The number of piperidine rings is 1. The second kappa shape index (κ2) is 4.09. The molecule has 0 aliphatic carbocycles. The van der Waals surface area contributed by atoms with Gasteiger partial charge in [-0.25, -0.2) is 5.32 Å². The van der Waals surface area contributed by atoms with Crippen LogP contribution in [0.2, 0.25) is 0 Å². The number of nitrogens with one attached hydrogen (secondary N) is 2. The lowest BCUT2D eigenvalue weighted by Gasteiger charge is -2.23. The Labute approximate surface area is 69.5 Å². The highest BCUT2D eigenvalue weighted by atomic mass is 19.4. The van der Waals surface area contributed by atoms with Gasteiger partial charge < -0.3 is 5.32 Å². The molecule has 0 aromatic rings. The second-order valence-electron chi connectivity index (χ2n) is 3.09. The van der Waals surface area contributed by atoms with Gasteiger partial charge in [-0.05, 0) is 31.8 Å². The molecule has 1 unspecified atom stereocenters. The van der Waals surface area contributed by atoms with E-state index >= 15 is 0 Å². The Morgan fingerprint density at radius 1 is 1.42 bits per heavy atom. The molecule has 12 heavy (non-hydrogen) atoms. The van der Waals surface area contributed by atoms with Crippen molar-refractivity contribution in [3.05, 3.63) is 0 Å². The molecule has 0 spiro atoms. The fourth-order valence-electron chi connectivity index (χ4n) is 1.36. The van der Waals surface area contributed by atoms with Gasteiger partial charge in [0.2, 0.25) is 0 Å². The molecule has 5 heteroatoms. The largest absolute Gasteiger partial charge is 0.457 e. The van der Waals surface area contributed by atoms with Crippen molar-refractivity contribution in [2.24, 2.45) is 5.92 Å². The summed E-state index contributed by atoms with van der Waals surface area (Å²) in [5, 5.41) is 4.62. The highest BCUT2D eigenvalue weighted by Gasteiger charge is 2.27. The topological polar surface area (TPSA) is 24.1 Å². The summed E-state index contributed by atoms with van der Waals surface area (Å²) in [7, 11) is 0. The Morgan fingerprint density at radius 3 is 2.67 bits per heavy atom. The van der Waals surface area contributed by atoms with E-state index in [2.05, 4.69) is 5.32 Å². The van der Waals surface area contributed by atoms with Gasteiger partial charge >= 0.3 is 6.30 Å². The summed E-state index contributed by atoms with van der Waals surface area (Å²) < 4.78 is 35.0. The van der Waals surface area contributed by atoms with Crippen molar-refractivity contribution in [2.45, 2.75) is 19.1 Å². The number of rotatable bonds is 2. The molecule has 0 amide bonds. The van der Waals surface area contributed by atoms with E-state index in [4.69, 9.17) is 0 Å². The van der Waals surface area contributed by atoms with Crippen molar-refractivity contribution in [3.63, 3.8) is 0 Å². The quantitative estimate of drug-likeness (QED) is 0.625. The average molecular weight is 182 g/mol. The van der Waals surface area contributed by atoms with Crippen molar-refractivity contribution >= 4 is 0 Å². The maximum Gasteiger partial charge on any atom is 0.457 e. The maximum absolute atomic E-state index is 11.7. The van der Waals surface area contributed by atoms with Crippen LogP contribution in [0.3, 0.4) is 0 Å². The summed E-state index contributed by atoms with van der Waals surface area (Å²) in [6.07, 6.45) is -2.36. The Hall–Kier alpha value is -0.290. The molecule has 2 N–H and O–H groups in total. The molecule has 0 saturated carbocycles. The number of halogens is 3. The molecule has 1 rings (SSSR count). The molecular formula is C7H13F3N2. The summed E-state index contributed by atoms with van der Waals surface area (Å²) in [6.45, 7) is 1.67. The lowest BCUT2D eigenvalue weighted by atomic mass is 10.00. The van der Waals surface area contributed by atoms with E-state index in [1.807, 2.05) is 0 Å². The number of alkyl halides is 3. The molecular weight excluding hydrogens is 169 g/mol. The zero-order chi connectivity index (χ0) is 9.03. The van der Waals surface area contributed by atoms with Crippen LogP contribution in [0.5, 0.6) is 0 Å². The Balaban J connectivity index is 2.13. The minimum Gasteiger partial charge on any atom is -0.316 e. The van der Waals surface area contributed by atoms with Crippen LogP contribution < -0.4 is 10.6 Å². The first kappa shape index (κ1) is 9.80. The van der Waals surface area contributed by atoms with Gasteiger partial charge in [0.25, 0.3) is 0 Å². The zero-order valence-corrected chi connectivity index (χ0v) is 6.75. The van der Waals surface area contributed by atoms with Crippen molar-refractivity contribution in [1.29, 1.82) is 0 Å². The maximum atomic E-state index is 11.7. The van der Waals surface area contributed by atoms with Crippen LogP contribution in [0.4, 0.5) is 13.2 Å². The van der Waals surface area contributed by atoms with Gasteiger partial charge in [-0.1, -0.05) is 0 Å². The Bertz CT molecular complexity index is 129. The van der Waals surface area contributed by atoms with Crippen molar-refractivity contribution < 1.29 is 13.2 Å².